The standard InChI is InChI=1S/C25H49NO/c1-3-5-7-9-10-11-12-13-14-15-16-17-18-19-21-23-25(27)26-24-22-20-8-6-4-2/h13-14H,3-12,15-24H2,1-2H3,(H,26,27)/b14-13-. The van der Waals surface area contributed by atoms with E-state index in [4.69, 9.17) is 0 Å². The molecular weight excluding hydrogens is 330 g/mol. The van der Waals surface area contributed by atoms with E-state index in [1.807, 2.05) is 0 Å². The SMILES string of the molecule is CCCCCCCC/C=C\CCCCCCCC(=O)NCCCCCCC. The molecular formula is C25H49NO. The van der Waals surface area contributed by atoms with Gasteiger partial charge in [-0.05, 0) is 38.5 Å². The minimum absolute atomic E-state index is 0.253. The van der Waals surface area contributed by atoms with Crippen LogP contribution in [0.25, 0.3) is 0 Å². The Balaban J connectivity index is 3.19. The zero-order chi connectivity index (χ0) is 19.8. The first-order chi connectivity index (χ1) is 13.3. The van der Waals surface area contributed by atoms with Crippen molar-refractivity contribution in [2.75, 3.05) is 6.54 Å². The molecule has 0 aromatic carbocycles. The molecule has 0 spiro atoms. The summed E-state index contributed by atoms with van der Waals surface area (Å²) in [5.74, 6) is 0.253. The molecule has 0 saturated heterocycles. The van der Waals surface area contributed by atoms with E-state index < -0.39 is 0 Å². The van der Waals surface area contributed by atoms with Crippen molar-refractivity contribution in [3.8, 4) is 0 Å². The maximum Gasteiger partial charge on any atom is 0.219 e. The molecule has 2 nitrogen and oxygen atoms in total. The first-order valence-corrected chi connectivity index (χ1v) is 12.2. The average molecular weight is 380 g/mol. The molecule has 0 unspecified atom stereocenters. The maximum atomic E-state index is 11.7. The Labute approximate surface area is 171 Å². The van der Waals surface area contributed by atoms with Crippen LogP contribution in [0, 0.1) is 0 Å². The molecule has 0 atom stereocenters. The maximum absolute atomic E-state index is 11.7. The summed E-state index contributed by atoms with van der Waals surface area (Å²) in [6.45, 7) is 5.38. The summed E-state index contributed by atoms with van der Waals surface area (Å²) in [4.78, 5) is 11.7. The number of hydrogen-bond acceptors (Lipinski definition) is 1. The van der Waals surface area contributed by atoms with Gasteiger partial charge in [-0.15, -0.1) is 0 Å². The van der Waals surface area contributed by atoms with E-state index in [1.165, 1.54) is 103 Å². The minimum atomic E-state index is 0.253. The Morgan fingerprint density at radius 2 is 1.04 bits per heavy atom. The highest BCUT2D eigenvalue weighted by atomic mass is 16.1. The third kappa shape index (κ3) is 23.2. The van der Waals surface area contributed by atoms with Crippen molar-refractivity contribution in [3.63, 3.8) is 0 Å². The van der Waals surface area contributed by atoms with Gasteiger partial charge < -0.3 is 5.32 Å². The van der Waals surface area contributed by atoms with Gasteiger partial charge in [0.15, 0.2) is 0 Å². The van der Waals surface area contributed by atoms with Gasteiger partial charge in [0, 0.05) is 13.0 Å². The van der Waals surface area contributed by atoms with Crippen molar-refractivity contribution < 1.29 is 4.79 Å². The Morgan fingerprint density at radius 1 is 0.593 bits per heavy atom. The Hall–Kier alpha value is -0.790. The number of rotatable bonds is 21. The summed E-state index contributed by atoms with van der Waals surface area (Å²) in [7, 11) is 0. The molecule has 0 bridgehead atoms. The van der Waals surface area contributed by atoms with Crippen molar-refractivity contribution in [3.05, 3.63) is 12.2 Å². The largest absolute Gasteiger partial charge is 0.356 e. The highest BCUT2D eigenvalue weighted by Gasteiger charge is 2.00. The lowest BCUT2D eigenvalue weighted by atomic mass is 10.1. The van der Waals surface area contributed by atoms with Crippen LogP contribution in [0.15, 0.2) is 12.2 Å². The van der Waals surface area contributed by atoms with E-state index in [-0.39, 0.29) is 5.91 Å². The lowest BCUT2D eigenvalue weighted by Crippen LogP contribution is -2.23. The van der Waals surface area contributed by atoms with Crippen LogP contribution >= 0.6 is 0 Å². The lowest BCUT2D eigenvalue weighted by molar-refractivity contribution is -0.121. The third-order valence-electron chi connectivity index (χ3n) is 5.27. The van der Waals surface area contributed by atoms with Crippen LogP contribution in [-0.2, 0) is 4.79 Å². The molecule has 0 rings (SSSR count). The van der Waals surface area contributed by atoms with Crippen LogP contribution in [0.5, 0.6) is 0 Å². The topological polar surface area (TPSA) is 29.1 Å². The van der Waals surface area contributed by atoms with E-state index in [1.54, 1.807) is 0 Å². The average Bonchev–Trinajstić information content (AvgIpc) is 2.67. The molecule has 1 N–H and O–H groups in total. The van der Waals surface area contributed by atoms with E-state index in [2.05, 4.69) is 31.3 Å². The molecule has 160 valence electrons. The van der Waals surface area contributed by atoms with Crippen molar-refractivity contribution >= 4 is 5.91 Å². The van der Waals surface area contributed by atoms with Gasteiger partial charge in [0.05, 0.1) is 0 Å². The predicted molar refractivity (Wildman–Crippen MR) is 121 cm³/mol. The van der Waals surface area contributed by atoms with Crippen molar-refractivity contribution in [2.24, 2.45) is 0 Å². The van der Waals surface area contributed by atoms with E-state index in [0.717, 1.165) is 19.4 Å². The number of hydrogen-bond donors (Lipinski definition) is 1. The summed E-state index contributed by atoms with van der Waals surface area (Å²) < 4.78 is 0. The molecule has 1 amide bonds. The van der Waals surface area contributed by atoms with Gasteiger partial charge in [0.25, 0.3) is 0 Å². The quantitative estimate of drug-likeness (QED) is 0.158. The number of nitrogens with one attached hydrogen (secondary N) is 1. The van der Waals surface area contributed by atoms with Gasteiger partial charge in [-0.1, -0.05) is 103 Å². The molecule has 0 fully saturated rings. The van der Waals surface area contributed by atoms with Crippen LogP contribution in [0.3, 0.4) is 0 Å². The van der Waals surface area contributed by atoms with Gasteiger partial charge >= 0.3 is 0 Å². The number of allylic oxidation sites excluding steroid dienone is 2. The summed E-state index contributed by atoms with van der Waals surface area (Å²) in [6.07, 6.45) is 28.7. The van der Waals surface area contributed by atoms with Crippen LogP contribution < -0.4 is 5.32 Å². The molecule has 0 aliphatic rings. The first-order valence-electron chi connectivity index (χ1n) is 12.2. The van der Waals surface area contributed by atoms with E-state index in [0.29, 0.717) is 6.42 Å². The Morgan fingerprint density at radius 3 is 1.59 bits per heavy atom. The zero-order valence-corrected chi connectivity index (χ0v) is 18.7. The highest BCUT2D eigenvalue weighted by molar-refractivity contribution is 5.75. The van der Waals surface area contributed by atoms with Crippen molar-refractivity contribution in [1.82, 2.24) is 5.32 Å². The molecule has 0 aromatic rings. The Bertz CT molecular complexity index is 324. The molecule has 0 saturated carbocycles. The van der Waals surface area contributed by atoms with Crippen LogP contribution in [0.4, 0.5) is 0 Å². The fraction of sp³-hybridized carbons (Fsp3) is 0.880. The second-order valence-corrected chi connectivity index (χ2v) is 8.10. The monoisotopic (exact) mass is 379 g/mol. The first kappa shape index (κ1) is 26.2. The van der Waals surface area contributed by atoms with Gasteiger partial charge in [-0.25, -0.2) is 0 Å². The fourth-order valence-electron chi connectivity index (χ4n) is 3.40. The van der Waals surface area contributed by atoms with E-state index in [9.17, 15) is 4.79 Å². The number of carbonyl (C=O) groups excluding carboxylic acids is 1. The molecule has 2 heteroatoms. The number of carbonyl (C=O) groups is 1. The summed E-state index contributed by atoms with van der Waals surface area (Å²) in [5.41, 5.74) is 0. The fourth-order valence-corrected chi connectivity index (χ4v) is 3.40. The van der Waals surface area contributed by atoms with Crippen LogP contribution in [0.2, 0.25) is 0 Å². The Kier molecular flexibility index (Phi) is 22.6. The molecule has 0 aromatic heterocycles. The second kappa shape index (κ2) is 23.2. The second-order valence-electron chi connectivity index (χ2n) is 8.10. The van der Waals surface area contributed by atoms with Crippen molar-refractivity contribution in [2.45, 2.75) is 136 Å². The predicted octanol–water partition coefficient (Wildman–Crippen LogP) is 8.11. The molecule has 0 aliphatic carbocycles. The molecule has 0 aliphatic heterocycles. The zero-order valence-electron chi connectivity index (χ0n) is 18.7. The van der Waals surface area contributed by atoms with Gasteiger partial charge in [0.2, 0.25) is 5.91 Å². The summed E-state index contributed by atoms with van der Waals surface area (Å²) in [6, 6.07) is 0. The third-order valence-corrected chi connectivity index (χ3v) is 5.27. The van der Waals surface area contributed by atoms with Gasteiger partial charge in [-0.2, -0.15) is 0 Å². The minimum Gasteiger partial charge on any atom is -0.356 e. The smallest absolute Gasteiger partial charge is 0.219 e. The summed E-state index contributed by atoms with van der Waals surface area (Å²) >= 11 is 0. The molecule has 27 heavy (non-hydrogen) atoms. The normalized spacial score (nSPS) is 11.3. The van der Waals surface area contributed by atoms with Crippen LogP contribution in [0.1, 0.15) is 136 Å². The molecule has 0 radical (unpaired) electrons. The van der Waals surface area contributed by atoms with Crippen LogP contribution in [-0.4, -0.2) is 12.5 Å². The number of amides is 1. The van der Waals surface area contributed by atoms with Gasteiger partial charge in [0.1, 0.15) is 0 Å². The molecule has 0 heterocycles. The van der Waals surface area contributed by atoms with Gasteiger partial charge in [-0.3, -0.25) is 4.79 Å². The van der Waals surface area contributed by atoms with E-state index >= 15 is 0 Å². The lowest BCUT2D eigenvalue weighted by Gasteiger charge is -2.05. The van der Waals surface area contributed by atoms with Crippen molar-refractivity contribution in [1.29, 1.82) is 0 Å². The summed E-state index contributed by atoms with van der Waals surface area (Å²) in [5, 5.41) is 3.06. The number of unbranched alkanes of at least 4 members (excludes halogenated alkanes) is 15. The highest BCUT2D eigenvalue weighted by Crippen LogP contribution is 2.10.